The maximum Gasteiger partial charge on any atom is 0.263 e. The number of quaternary nitrogens is 1. The first kappa shape index (κ1) is 33.2. The summed E-state index contributed by atoms with van der Waals surface area (Å²) in [5, 5.41) is 16.4. The predicted octanol–water partition coefficient (Wildman–Crippen LogP) is 8.77. The Bertz CT molecular complexity index is 1820. The van der Waals surface area contributed by atoms with Gasteiger partial charge in [-0.05, 0) is 89.0 Å². The molecular formula is C39H43IN3OS2+. The fourth-order valence-corrected chi connectivity index (χ4v) is 9.19. The van der Waals surface area contributed by atoms with E-state index < -0.39 is 0 Å². The summed E-state index contributed by atoms with van der Waals surface area (Å²) in [6.45, 7) is 7.05. The van der Waals surface area contributed by atoms with Gasteiger partial charge in [0.1, 0.15) is 4.70 Å². The highest BCUT2D eigenvalue weighted by atomic mass is 127. The summed E-state index contributed by atoms with van der Waals surface area (Å²) in [6.07, 6.45) is 14.0. The predicted molar refractivity (Wildman–Crippen MR) is 201 cm³/mol. The van der Waals surface area contributed by atoms with Crippen LogP contribution in [0.2, 0.25) is 0 Å². The van der Waals surface area contributed by atoms with Crippen molar-refractivity contribution in [3.05, 3.63) is 115 Å². The van der Waals surface area contributed by atoms with Crippen molar-refractivity contribution in [2.24, 2.45) is 4.99 Å². The smallest absolute Gasteiger partial charge is 0.263 e. The molecule has 0 radical (unpaired) electrons. The topological polar surface area (TPSA) is 43.7 Å². The van der Waals surface area contributed by atoms with Crippen LogP contribution in [0.15, 0.2) is 111 Å². The molecule has 46 heavy (non-hydrogen) atoms. The molecule has 3 aromatic carbocycles. The van der Waals surface area contributed by atoms with Crippen LogP contribution in [0.25, 0.3) is 16.3 Å². The molecule has 1 aliphatic heterocycles. The highest BCUT2D eigenvalue weighted by molar-refractivity contribution is 14.1. The van der Waals surface area contributed by atoms with Crippen LogP contribution >= 0.6 is 45.7 Å². The monoisotopic (exact) mass is 760 g/mol. The number of nitrogens with one attached hydrogen (secondary N) is 1. The van der Waals surface area contributed by atoms with E-state index in [9.17, 15) is 5.11 Å². The molecule has 1 N–H and O–H groups in total. The lowest BCUT2D eigenvalue weighted by atomic mass is 9.86. The average molecular weight is 761 g/mol. The summed E-state index contributed by atoms with van der Waals surface area (Å²) >= 11 is 5.93. The zero-order chi connectivity index (χ0) is 31.9. The first-order chi connectivity index (χ1) is 22.6. The molecule has 7 heteroatoms. The quantitative estimate of drug-likeness (QED) is 0.0794. The van der Waals surface area contributed by atoms with Crippen molar-refractivity contribution in [2.45, 2.75) is 83.2 Å². The lowest BCUT2D eigenvalue weighted by Gasteiger charge is -2.32. The van der Waals surface area contributed by atoms with E-state index in [0.717, 1.165) is 46.9 Å². The number of hydrogen-bond acceptors (Lipinski definition) is 4. The molecule has 0 saturated heterocycles. The average Bonchev–Trinajstić information content (AvgIpc) is 3.61. The Hall–Kier alpha value is -2.72. The van der Waals surface area contributed by atoms with Crippen molar-refractivity contribution >= 4 is 73.4 Å². The second-order valence-electron chi connectivity index (χ2n) is 12.1. The number of aryl methyl sites for hydroxylation is 1. The van der Waals surface area contributed by atoms with Gasteiger partial charge in [-0.15, -0.1) is 0 Å². The summed E-state index contributed by atoms with van der Waals surface area (Å²) in [6, 6.07) is 25.8. The first-order valence-electron chi connectivity index (χ1n) is 16.8. The second kappa shape index (κ2) is 15.9. The van der Waals surface area contributed by atoms with Crippen LogP contribution in [0.1, 0.15) is 75.8 Å². The number of fused-ring (bicyclic) bond motifs is 2. The number of aliphatic imine (C=N–C) groups is 1. The van der Waals surface area contributed by atoms with E-state index in [0.29, 0.717) is 6.54 Å². The van der Waals surface area contributed by atoms with E-state index in [-0.39, 0.29) is 5.76 Å². The number of thiazole rings is 1. The summed E-state index contributed by atoms with van der Waals surface area (Å²) in [7, 11) is 0. The number of benzene rings is 3. The van der Waals surface area contributed by atoms with Crippen molar-refractivity contribution in [3.8, 4) is 0 Å². The SMILES string of the molecule is CCCCCC[n+]1c(C=C2C(=NCc3cccc(I)c3)C(C=C3Sc4ccccc4[NH+]3CCCCCC)=C2[O-])sc2ccccc21. The number of rotatable bonds is 14. The molecule has 1 aromatic heterocycles. The summed E-state index contributed by atoms with van der Waals surface area (Å²) in [5.74, 6) is 0.103. The van der Waals surface area contributed by atoms with Crippen molar-refractivity contribution in [1.82, 2.24) is 0 Å². The number of hydrogen-bond donors (Lipinski definition) is 1. The maximum atomic E-state index is 14.1. The number of para-hydroxylation sites is 2. The Morgan fingerprint density at radius 1 is 0.870 bits per heavy atom. The molecule has 1 atom stereocenters. The molecule has 4 aromatic rings. The van der Waals surface area contributed by atoms with E-state index in [1.54, 1.807) is 23.1 Å². The van der Waals surface area contributed by atoms with Gasteiger partial charge in [-0.2, -0.15) is 4.57 Å². The lowest BCUT2D eigenvalue weighted by Crippen LogP contribution is -3.03. The van der Waals surface area contributed by atoms with E-state index in [1.165, 1.54) is 79.2 Å². The molecule has 0 amide bonds. The highest BCUT2D eigenvalue weighted by Gasteiger charge is 2.34. The molecule has 1 aliphatic carbocycles. The Labute approximate surface area is 295 Å². The van der Waals surface area contributed by atoms with Gasteiger partial charge in [-0.3, -0.25) is 9.89 Å². The van der Waals surface area contributed by atoms with Crippen LogP contribution in [0.4, 0.5) is 5.69 Å². The number of thioether (sulfide) groups is 1. The van der Waals surface area contributed by atoms with Gasteiger partial charge in [0.15, 0.2) is 17.3 Å². The van der Waals surface area contributed by atoms with Gasteiger partial charge in [0.2, 0.25) is 5.52 Å². The molecule has 4 nitrogen and oxygen atoms in total. The second-order valence-corrected chi connectivity index (χ2v) is 15.5. The van der Waals surface area contributed by atoms with Gasteiger partial charge in [-0.1, -0.05) is 93.0 Å². The van der Waals surface area contributed by atoms with Crippen LogP contribution < -0.4 is 14.6 Å². The minimum atomic E-state index is 0.103. The third-order valence-electron chi connectivity index (χ3n) is 8.73. The highest BCUT2D eigenvalue weighted by Crippen LogP contribution is 2.39. The standard InChI is InChI=1S/C39H42IN3OS2/c1-3-5-7-13-22-42-32-18-9-11-20-34(32)45-36(42)25-30-38(41-27-28-16-15-17-29(40)24-28)31(39(30)44)26-37-43(23-14-8-6-4-2)33-19-10-12-21-35(33)46-37/h9-12,15-21,24-26H,3-8,13-14,22-23,27H2,1-2H3/p+1. The Balaban J connectivity index is 1.39. The zero-order valence-electron chi connectivity index (χ0n) is 26.9. The molecule has 238 valence electrons. The summed E-state index contributed by atoms with van der Waals surface area (Å²) in [5.41, 5.74) is 6.04. The van der Waals surface area contributed by atoms with Crippen molar-refractivity contribution in [3.63, 3.8) is 0 Å². The van der Waals surface area contributed by atoms with Crippen molar-refractivity contribution in [2.75, 3.05) is 6.54 Å². The number of unbranched alkanes of at least 4 members (excludes halogenated alkanes) is 6. The molecule has 2 aliphatic rings. The van der Waals surface area contributed by atoms with Crippen LogP contribution in [-0.2, 0) is 13.1 Å². The fraction of sp³-hybridized carbons (Fsp3) is 0.333. The molecule has 1 unspecified atom stereocenters. The van der Waals surface area contributed by atoms with E-state index >= 15 is 0 Å². The summed E-state index contributed by atoms with van der Waals surface area (Å²) < 4.78 is 4.86. The zero-order valence-corrected chi connectivity index (χ0v) is 30.6. The number of aromatic nitrogens is 1. The van der Waals surface area contributed by atoms with Gasteiger partial charge < -0.3 is 5.11 Å². The lowest BCUT2D eigenvalue weighted by molar-refractivity contribution is -0.780. The van der Waals surface area contributed by atoms with Crippen molar-refractivity contribution in [1.29, 1.82) is 0 Å². The molecule has 2 heterocycles. The van der Waals surface area contributed by atoms with Gasteiger partial charge >= 0.3 is 0 Å². The molecule has 0 spiro atoms. The normalized spacial score (nSPS) is 18.7. The van der Waals surface area contributed by atoms with Crippen LogP contribution in [-0.4, -0.2) is 12.3 Å². The number of nitrogens with zero attached hydrogens (tertiary/aromatic N) is 2. The maximum absolute atomic E-state index is 14.1. The van der Waals surface area contributed by atoms with E-state index in [4.69, 9.17) is 4.99 Å². The van der Waals surface area contributed by atoms with Crippen LogP contribution in [0, 0.1) is 3.57 Å². The fourth-order valence-electron chi connectivity index (χ4n) is 6.25. The summed E-state index contributed by atoms with van der Waals surface area (Å²) in [4.78, 5) is 7.80. The molecule has 0 bridgehead atoms. The minimum absolute atomic E-state index is 0.103. The van der Waals surface area contributed by atoms with E-state index in [1.807, 2.05) is 0 Å². The Morgan fingerprint density at radius 2 is 1.65 bits per heavy atom. The van der Waals surface area contributed by atoms with Crippen LogP contribution in [0.3, 0.4) is 0 Å². The number of halogens is 1. The van der Waals surface area contributed by atoms with Gasteiger partial charge in [-0.25, -0.2) is 0 Å². The van der Waals surface area contributed by atoms with Gasteiger partial charge in [0.05, 0.1) is 23.7 Å². The third-order valence-corrected chi connectivity index (χ3v) is 11.7. The minimum Gasteiger partial charge on any atom is -0.872 e. The Kier molecular flexibility index (Phi) is 11.5. The number of allylic oxidation sites excluding steroid dienone is 3. The molecule has 6 rings (SSSR count). The van der Waals surface area contributed by atoms with Gasteiger partial charge in [0.25, 0.3) is 5.01 Å². The third kappa shape index (κ3) is 7.53. The molecular weight excluding hydrogens is 717 g/mol. The van der Waals surface area contributed by atoms with Gasteiger partial charge in [0, 0.05) is 39.8 Å². The Morgan fingerprint density at radius 3 is 2.48 bits per heavy atom. The molecule has 0 saturated carbocycles. The largest absolute Gasteiger partial charge is 0.872 e. The first-order valence-corrected chi connectivity index (χ1v) is 19.5. The van der Waals surface area contributed by atoms with Crippen LogP contribution in [0.5, 0.6) is 0 Å². The van der Waals surface area contributed by atoms with E-state index in [2.05, 4.69) is 126 Å². The van der Waals surface area contributed by atoms with Crippen molar-refractivity contribution < 1.29 is 14.6 Å². The molecule has 0 fully saturated rings.